The molecule has 0 fully saturated rings. The first-order valence-corrected chi connectivity index (χ1v) is 32.4. The number of rotatable bonds is 45. The minimum atomic E-state index is -0.647. The van der Waals surface area contributed by atoms with Crippen molar-refractivity contribution in [2.24, 2.45) is 10.8 Å². The van der Waals surface area contributed by atoms with Gasteiger partial charge in [-0.1, -0.05) is 20.2 Å². The van der Waals surface area contributed by atoms with Crippen LogP contribution >= 0.6 is 12.8 Å². The summed E-state index contributed by atoms with van der Waals surface area (Å²) in [6, 6.07) is 10.9. The highest BCUT2D eigenvalue weighted by Gasteiger charge is 2.32. The summed E-state index contributed by atoms with van der Waals surface area (Å²) in [7, 11) is 4.73. The van der Waals surface area contributed by atoms with Gasteiger partial charge in [-0.25, -0.2) is 9.59 Å². The van der Waals surface area contributed by atoms with Gasteiger partial charge >= 0.3 is 35.9 Å². The summed E-state index contributed by atoms with van der Waals surface area (Å²) in [5.74, 6) is -0.428. The number of aliphatic hydroxyl groups is 6. The molecule has 0 aromatic heterocycles. The van der Waals surface area contributed by atoms with E-state index in [1.165, 1.54) is 13.8 Å². The van der Waals surface area contributed by atoms with Crippen LogP contribution in [0, 0.1) is 52.4 Å². The number of benzene rings is 3. The van der Waals surface area contributed by atoms with E-state index in [-0.39, 0.29) is 146 Å². The Hall–Kier alpha value is -5.81. The van der Waals surface area contributed by atoms with Gasteiger partial charge in [-0.15, -0.1) is 0 Å². The summed E-state index contributed by atoms with van der Waals surface area (Å²) in [5.41, 5.74) is 6.62. The van der Waals surface area contributed by atoms with Gasteiger partial charge in [0.05, 0.1) is 26.4 Å². The number of esters is 5. The standard InChI is InChI=1S/C24H38O7.C23H37NO7S.C22H34O9.CH4/c1-18-15-21(17-30-20(3)28)16-19(2)23(18)31-22(29)7-11-24(8-4-12-25,9-5-13-26)10-6-14-27;1-17-14-19(16-30-22(29)24-32)15-18(2)21(17)31-20(28)6-10-23(7-3-11-25,8-4-12-26)9-5-13-27;1-15-7-18(9-30-17(3)23)8-16(2)22(15)31-21(24)14-29-13-20(27-6)12-28-11-19(26-5)10-25-4;/h15-16,25-27H,4-14,17H2,1-3H3;14-15,25-27,32H,3-13,16H2,1-2H3,(H,24,29);7-8,19-20H,9-14H2,1-6H3;1H4. The minimum absolute atomic E-state index is 0. The van der Waals surface area contributed by atoms with Crippen LogP contribution in [0.25, 0.3) is 0 Å². The van der Waals surface area contributed by atoms with E-state index in [0.717, 1.165) is 88.6 Å². The third-order valence-electron chi connectivity index (χ3n) is 15.6. The molecule has 0 radical (unpaired) electrons. The van der Waals surface area contributed by atoms with E-state index in [2.05, 4.69) is 17.5 Å². The van der Waals surface area contributed by atoms with Crippen LogP contribution in [-0.2, 0) is 81.7 Å². The fourth-order valence-corrected chi connectivity index (χ4v) is 11.1. The molecule has 3 aromatic rings. The van der Waals surface area contributed by atoms with E-state index >= 15 is 0 Å². The topological polar surface area (TPSA) is 337 Å². The molecule has 2 unspecified atom stereocenters. The van der Waals surface area contributed by atoms with Gasteiger partial charge in [0.25, 0.3) is 0 Å². The van der Waals surface area contributed by atoms with Gasteiger partial charge in [0, 0.05) is 87.7 Å². The smallest absolute Gasteiger partial charge is 0.417 e. The maximum atomic E-state index is 12.7. The van der Waals surface area contributed by atoms with Crippen LogP contribution < -0.4 is 18.9 Å². The summed E-state index contributed by atoms with van der Waals surface area (Å²) in [6.07, 6.45) is 8.49. The fourth-order valence-electron chi connectivity index (χ4n) is 11.0. The van der Waals surface area contributed by atoms with Gasteiger partial charge in [-0.3, -0.25) is 23.9 Å². The third-order valence-corrected chi connectivity index (χ3v) is 15.8. The maximum absolute atomic E-state index is 12.7. The van der Waals surface area contributed by atoms with E-state index < -0.39 is 12.1 Å². The van der Waals surface area contributed by atoms with E-state index in [4.69, 9.17) is 52.1 Å². The Morgan fingerprint density at radius 1 is 0.432 bits per heavy atom. The fraction of sp³-hybridized carbons (Fsp3) is 0.657. The number of carbonyl (C=O) groups excluding carboxylic acids is 6. The summed E-state index contributed by atoms with van der Waals surface area (Å²) < 4.78 is 60.5. The lowest BCUT2D eigenvalue weighted by molar-refractivity contribution is -0.143. The molecule has 542 valence electrons. The molecule has 0 spiro atoms. The molecular weight excluding hydrogens is 1250 g/mol. The summed E-state index contributed by atoms with van der Waals surface area (Å²) in [4.78, 5) is 70.7. The predicted octanol–water partition coefficient (Wildman–Crippen LogP) is 9.34. The Balaban J connectivity index is 0.00000139. The second-order valence-corrected chi connectivity index (χ2v) is 23.8. The number of carbonyl (C=O) groups is 6. The van der Waals surface area contributed by atoms with E-state index in [9.17, 15) is 59.4 Å². The van der Waals surface area contributed by atoms with Crippen molar-refractivity contribution in [3.05, 3.63) is 86.5 Å². The Morgan fingerprint density at radius 3 is 0.989 bits per heavy atom. The average molecular weight is 1370 g/mol. The van der Waals surface area contributed by atoms with E-state index in [0.29, 0.717) is 81.8 Å². The molecule has 3 aromatic carbocycles. The van der Waals surface area contributed by atoms with Gasteiger partial charge < -0.3 is 82.7 Å². The number of aliphatic hydroxyl groups excluding tert-OH is 6. The Labute approximate surface area is 568 Å². The summed E-state index contributed by atoms with van der Waals surface area (Å²) in [5, 5.41) is 55.7. The van der Waals surface area contributed by atoms with Gasteiger partial charge in [-0.2, -0.15) is 0 Å². The van der Waals surface area contributed by atoms with Crippen LogP contribution in [0.3, 0.4) is 0 Å². The summed E-state index contributed by atoms with van der Waals surface area (Å²) >= 11 is 3.63. The summed E-state index contributed by atoms with van der Waals surface area (Å²) in [6.45, 7) is 15.6. The quantitative estimate of drug-likeness (QED) is 0.0113. The Morgan fingerprint density at radius 2 is 0.716 bits per heavy atom. The van der Waals surface area contributed by atoms with Crippen LogP contribution in [0.2, 0.25) is 0 Å². The van der Waals surface area contributed by atoms with E-state index in [1.54, 1.807) is 33.5 Å². The first-order chi connectivity index (χ1) is 44.9. The lowest BCUT2D eigenvalue weighted by Crippen LogP contribution is -2.30. The Bertz CT molecular complexity index is 2570. The molecule has 7 N–H and O–H groups in total. The zero-order chi connectivity index (χ0) is 70.5. The lowest BCUT2D eigenvalue weighted by atomic mass is 9.72. The highest BCUT2D eigenvalue weighted by Crippen LogP contribution is 2.42. The second kappa shape index (κ2) is 51.4. The number of amides is 1. The molecule has 0 aliphatic rings. The molecule has 0 saturated heterocycles. The van der Waals surface area contributed by atoms with Crippen LogP contribution in [0.15, 0.2) is 36.4 Å². The van der Waals surface area contributed by atoms with Crippen LogP contribution in [-0.4, -0.2) is 173 Å². The zero-order valence-corrected chi connectivity index (χ0v) is 58.3. The largest absolute Gasteiger partial charge is 0.461 e. The van der Waals surface area contributed by atoms with Crippen molar-refractivity contribution in [1.29, 1.82) is 0 Å². The highest BCUT2D eigenvalue weighted by atomic mass is 32.1. The van der Waals surface area contributed by atoms with Crippen LogP contribution in [0.5, 0.6) is 17.2 Å². The molecule has 25 heteroatoms. The van der Waals surface area contributed by atoms with Gasteiger partial charge in [0.1, 0.15) is 55.9 Å². The normalized spacial score (nSPS) is 11.8. The molecule has 1 amide bonds. The molecule has 95 heavy (non-hydrogen) atoms. The van der Waals surface area contributed by atoms with Crippen molar-refractivity contribution >= 4 is 48.8 Å². The first kappa shape index (κ1) is 89.2. The lowest BCUT2D eigenvalue weighted by Gasteiger charge is -2.34. The molecular formula is C70H113NO23S. The van der Waals surface area contributed by atoms with Crippen LogP contribution in [0.1, 0.15) is 174 Å². The number of hydrogen-bond acceptors (Lipinski definition) is 24. The van der Waals surface area contributed by atoms with Gasteiger partial charge in [0.15, 0.2) is 0 Å². The Kier molecular flexibility index (Phi) is 48.3. The first-order valence-electron chi connectivity index (χ1n) is 32.0. The second-order valence-electron chi connectivity index (χ2n) is 23.5. The molecule has 0 aliphatic heterocycles. The van der Waals surface area contributed by atoms with Crippen molar-refractivity contribution in [2.45, 2.75) is 198 Å². The van der Waals surface area contributed by atoms with Crippen LogP contribution in [0.4, 0.5) is 4.79 Å². The third kappa shape index (κ3) is 37.5. The average Bonchev–Trinajstić information content (AvgIpc) is 0.995. The van der Waals surface area contributed by atoms with E-state index in [1.807, 2.05) is 65.8 Å². The molecule has 0 aliphatic carbocycles. The van der Waals surface area contributed by atoms with Gasteiger partial charge in [-0.05, 0) is 229 Å². The van der Waals surface area contributed by atoms with Crippen molar-refractivity contribution in [3.63, 3.8) is 0 Å². The molecule has 2 atom stereocenters. The SMILES string of the molecule is C.CC(=O)OCc1cc(C)c(OC(=O)CCC(CCCO)(CCCO)CCCO)c(C)c1.COCC(COCC(COCC(=O)Oc1c(C)cc(COC(C)=O)cc1C)OC)OC.Cc1cc(COC(=O)NS)cc(C)c1OC(=O)CCC(CCCO)(CCCO)CCCO. The number of thiol groups is 1. The number of methoxy groups -OCH3 is 3. The molecule has 0 bridgehead atoms. The predicted molar refractivity (Wildman–Crippen MR) is 361 cm³/mol. The molecule has 0 heterocycles. The van der Waals surface area contributed by atoms with Crippen molar-refractivity contribution in [3.8, 4) is 17.2 Å². The molecule has 0 saturated carbocycles. The maximum Gasteiger partial charge on any atom is 0.417 e. The van der Waals surface area contributed by atoms with Crippen molar-refractivity contribution in [1.82, 2.24) is 4.72 Å². The monoisotopic (exact) mass is 1370 g/mol. The highest BCUT2D eigenvalue weighted by molar-refractivity contribution is 7.78. The number of aryl methyl sites for hydroxylation is 6. The van der Waals surface area contributed by atoms with Gasteiger partial charge in [0.2, 0.25) is 0 Å². The number of hydrogen-bond donors (Lipinski definition) is 8. The molecule has 3 rings (SSSR count). The van der Waals surface area contributed by atoms with Crippen molar-refractivity contribution in [2.75, 3.05) is 94.0 Å². The van der Waals surface area contributed by atoms with Crippen molar-refractivity contribution < 1.29 is 112 Å². The minimum Gasteiger partial charge on any atom is -0.461 e. The number of ether oxygens (including phenoxy) is 11. The molecule has 24 nitrogen and oxygen atoms in total. The number of nitrogens with one attached hydrogen (secondary N) is 1. The zero-order valence-electron chi connectivity index (χ0n) is 57.4.